The number of fused-ring (bicyclic) bond motifs is 1. The zero-order chi connectivity index (χ0) is 23.2. The van der Waals surface area contributed by atoms with Gasteiger partial charge in [-0.25, -0.2) is 4.52 Å². The summed E-state index contributed by atoms with van der Waals surface area (Å²) in [5, 5.41) is 19.5. The molecule has 1 fully saturated rings. The Kier molecular flexibility index (Phi) is 5.08. The lowest BCUT2D eigenvalue weighted by atomic mass is 10.1. The van der Waals surface area contributed by atoms with Crippen LogP contribution >= 0.6 is 0 Å². The monoisotopic (exact) mass is 456 g/mol. The maximum Gasteiger partial charge on any atom is 0.401 e. The van der Waals surface area contributed by atoms with Crippen LogP contribution < -0.4 is 5.32 Å². The Morgan fingerprint density at radius 3 is 2.82 bits per heavy atom. The number of halogens is 3. The van der Waals surface area contributed by atoms with Gasteiger partial charge in [-0.15, -0.1) is 10.2 Å². The van der Waals surface area contributed by atoms with Gasteiger partial charge in [-0.1, -0.05) is 18.2 Å². The highest BCUT2D eigenvalue weighted by Gasteiger charge is 2.38. The number of hydrogen-bond donors (Lipinski definition) is 1. The second-order valence-electron chi connectivity index (χ2n) is 7.97. The topological polar surface area (TPSA) is 93.2 Å². The molecule has 5 rings (SSSR count). The number of benzene rings is 1. The normalized spacial score (nSPS) is 15.0. The third-order valence-corrected chi connectivity index (χ3v) is 5.51. The van der Waals surface area contributed by atoms with E-state index in [1.165, 1.54) is 15.9 Å². The molecule has 0 saturated carbocycles. The summed E-state index contributed by atoms with van der Waals surface area (Å²) in [4.78, 5) is 15.5. The number of alkyl halides is 3. The molecule has 1 aliphatic heterocycles. The predicted molar refractivity (Wildman–Crippen MR) is 113 cm³/mol. The molecule has 1 N–H and O–H groups in total. The molecule has 12 heteroatoms. The van der Waals surface area contributed by atoms with Crippen molar-refractivity contribution in [3.63, 3.8) is 0 Å². The predicted octanol–water partition coefficient (Wildman–Crippen LogP) is 2.97. The van der Waals surface area contributed by atoms with Gasteiger partial charge in [0.25, 0.3) is 5.91 Å². The highest BCUT2D eigenvalue weighted by molar-refractivity contribution is 6.09. The number of tetrazole rings is 1. The molecule has 1 aromatic carbocycles. The number of carbonyl (C=O) groups is 1. The van der Waals surface area contributed by atoms with Crippen molar-refractivity contribution in [1.82, 2.24) is 34.7 Å². The zero-order valence-electron chi connectivity index (χ0n) is 17.5. The fourth-order valence-electron chi connectivity index (χ4n) is 3.76. The van der Waals surface area contributed by atoms with Gasteiger partial charge in [0.15, 0.2) is 0 Å². The highest BCUT2D eigenvalue weighted by Crippen LogP contribution is 2.27. The van der Waals surface area contributed by atoms with Crippen molar-refractivity contribution in [2.45, 2.75) is 19.1 Å². The minimum absolute atomic E-state index is 0.212. The molecule has 1 aliphatic rings. The van der Waals surface area contributed by atoms with Gasteiger partial charge in [0.05, 0.1) is 29.9 Å². The standard InChI is InChI=1S/C21H19F3N8O/c1-13-5-6-14(19-27-29-32(28-19)15-10-30(11-15)12-21(22,23)24)8-17(13)26-20(33)16-9-25-31-7-3-2-4-18(16)31/h2-9,15H,10-12H2,1H3,(H,26,33). The number of nitrogens with zero attached hydrogens (tertiary/aromatic N) is 7. The van der Waals surface area contributed by atoms with Crippen LogP contribution in [0.25, 0.3) is 16.9 Å². The van der Waals surface area contributed by atoms with Crippen LogP contribution in [0.15, 0.2) is 48.8 Å². The fraction of sp³-hybridized carbons (Fsp3) is 0.286. The van der Waals surface area contributed by atoms with Crippen molar-refractivity contribution in [3.8, 4) is 11.4 Å². The summed E-state index contributed by atoms with van der Waals surface area (Å²) in [5.74, 6) is 0.0306. The smallest absolute Gasteiger partial charge is 0.322 e. The molecule has 0 aliphatic carbocycles. The van der Waals surface area contributed by atoms with E-state index in [1.54, 1.807) is 22.8 Å². The van der Waals surface area contributed by atoms with Crippen LogP contribution in [-0.4, -0.2) is 66.4 Å². The summed E-state index contributed by atoms with van der Waals surface area (Å²) < 4.78 is 39.1. The Labute approximate surface area is 185 Å². The van der Waals surface area contributed by atoms with Gasteiger partial charge in [0.2, 0.25) is 5.82 Å². The highest BCUT2D eigenvalue weighted by atomic mass is 19.4. The molecular formula is C21H19F3N8O. The van der Waals surface area contributed by atoms with E-state index in [2.05, 4.69) is 25.8 Å². The van der Waals surface area contributed by atoms with Gasteiger partial charge in [-0.2, -0.15) is 23.1 Å². The molecule has 0 unspecified atom stereocenters. The molecule has 1 saturated heterocycles. The Morgan fingerprint density at radius 2 is 2.03 bits per heavy atom. The van der Waals surface area contributed by atoms with Crippen LogP contribution in [0.1, 0.15) is 22.0 Å². The third-order valence-electron chi connectivity index (χ3n) is 5.51. The first-order valence-electron chi connectivity index (χ1n) is 10.2. The van der Waals surface area contributed by atoms with Gasteiger partial charge in [0, 0.05) is 30.5 Å². The third kappa shape index (κ3) is 4.29. The van der Waals surface area contributed by atoms with Gasteiger partial charge in [-0.3, -0.25) is 9.69 Å². The van der Waals surface area contributed by atoms with Crippen molar-refractivity contribution >= 4 is 17.1 Å². The largest absolute Gasteiger partial charge is 0.401 e. The van der Waals surface area contributed by atoms with Crippen molar-refractivity contribution < 1.29 is 18.0 Å². The molecule has 4 aromatic rings. The lowest BCUT2D eigenvalue weighted by molar-refractivity contribution is -0.158. The fourth-order valence-corrected chi connectivity index (χ4v) is 3.76. The molecule has 33 heavy (non-hydrogen) atoms. The molecule has 0 atom stereocenters. The summed E-state index contributed by atoms with van der Waals surface area (Å²) >= 11 is 0. The number of hydrogen-bond acceptors (Lipinski definition) is 6. The number of likely N-dealkylation sites (tertiary alicyclic amines) is 1. The number of aryl methyl sites for hydroxylation is 1. The Hall–Kier alpha value is -3.80. The van der Waals surface area contributed by atoms with Crippen LogP contribution in [0.3, 0.4) is 0 Å². The molecule has 4 heterocycles. The number of amides is 1. The van der Waals surface area contributed by atoms with E-state index in [0.717, 1.165) is 5.56 Å². The molecule has 1 amide bonds. The average Bonchev–Trinajstić information content (AvgIpc) is 3.38. The quantitative estimate of drug-likeness (QED) is 0.496. The van der Waals surface area contributed by atoms with Gasteiger partial charge in [0.1, 0.15) is 0 Å². The van der Waals surface area contributed by atoms with Crippen LogP contribution in [0.4, 0.5) is 18.9 Å². The molecule has 3 aromatic heterocycles. The van der Waals surface area contributed by atoms with E-state index < -0.39 is 12.7 Å². The van der Waals surface area contributed by atoms with Crippen LogP contribution in [-0.2, 0) is 0 Å². The Morgan fingerprint density at radius 1 is 1.21 bits per heavy atom. The molecule has 0 bridgehead atoms. The maximum absolute atomic E-state index is 12.9. The van der Waals surface area contributed by atoms with E-state index in [0.29, 0.717) is 28.2 Å². The number of carbonyl (C=O) groups excluding carboxylic acids is 1. The molecule has 9 nitrogen and oxygen atoms in total. The summed E-state index contributed by atoms with van der Waals surface area (Å²) in [6.45, 7) is 1.34. The summed E-state index contributed by atoms with van der Waals surface area (Å²) in [7, 11) is 0. The van der Waals surface area contributed by atoms with Crippen LogP contribution in [0.5, 0.6) is 0 Å². The van der Waals surface area contributed by atoms with Crippen LogP contribution in [0.2, 0.25) is 0 Å². The number of anilines is 1. The van der Waals surface area contributed by atoms with E-state index in [1.807, 2.05) is 31.2 Å². The lowest BCUT2D eigenvalue weighted by Crippen LogP contribution is -2.51. The summed E-state index contributed by atoms with van der Waals surface area (Å²) in [6.07, 6.45) is -0.951. The molecule has 0 spiro atoms. The first kappa shape index (κ1) is 21.1. The minimum atomic E-state index is -4.22. The summed E-state index contributed by atoms with van der Waals surface area (Å²) in [5.41, 5.74) is 3.20. The van der Waals surface area contributed by atoms with Crippen molar-refractivity contribution in [2.24, 2.45) is 0 Å². The van der Waals surface area contributed by atoms with Crippen molar-refractivity contribution in [3.05, 3.63) is 59.9 Å². The van der Waals surface area contributed by atoms with Gasteiger partial charge in [-0.05, 0) is 35.9 Å². The van der Waals surface area contributed by atoms with E-state index in [4.69, 9.17) is 0 Å². The number of aromatic nitrogens is 6. The first-order chi connectivity index (χ1) is 15.8. The number of nitrogens with one attached hydrogen (secondary N) is 1. The van der Waals surface area contributed by atoms with E-state index in [-0.39, 0.29) is 25.0 Å². The van der Waals surface area contributed by atoms with Crippen molar-refractivity contribution in [2.75, 3.05) is 25.0 Å². The lowest BCUT2D eigenvalue weighted by Gasteiger charge is -2.38. The number of pyridine rings is 1. The zero-order valence-corrected chi connectivity index (χ0v) is 17.5. The van der Waals surface area contributed by atoms with Crippen molar-refractivity contribution in [1.29, 1.82) is 0 Å². The molecule has 0 radical (unpaired) electrons. The van der Waals surface area contributed by atoms with Gasteiger partial charge >= 0.3 is 6.18 Å². The SMILES string of the molecule is Cc1ccc(-c2nnn(C3CN(CC(F)(F)F)C3)n2)cc1NC(=O)c1cnn2ccccc12. The maximum atomic E-state index is 12.9. The minimum Gasteiger partial charge on any atom is -0.322 e. The van der Waals surface area contributed by atoms with Gasteiger partial charge < -0.3 is 5.32 Å². The number of rotatable bonds is 5. The van der Waals surface area contributed by atoms with E-state index in [9.17, 15) is 18.0 Å². The second-order valence-corrected chi connectivity index (χ2v) is 7.97. The molecular weight excluding hydrogens is 437 g/mol. The first-order valence-corrected chi connectivity index (χ1v) is 10.2. The summed E-state index contributed by atoms with van der Waals surface area (Å²) in [6, 6.07) is 10.6. The average molecular weight is 456 g/mol. The Bertz CT molecular complexity index is 1320. The second kappa shape index (κ2) is 7.96. The van der Waals surface area contributed by atoms with Crippen LogP contribution in [0, 0.1) is 6.92 Å². The molecule has 170 valence electrons. The van der Waals surface area contributed by atoms with E-state index >= 15 is 0 Å². The Balaban J connectivity index is 1.31.